The highest BCUT2D eigenvalue weighted by Gasteiger charge is 2.33. The van der Waals surface area contributed by atoms with Crippen molar-refractivity contribution in [3.63, 3.8) is 0 Å². The molecule has 0 aromatic carbocycles. The summed E-state index contributed by atoms with van der Waals surface area (Å²) < 4.78 is 10.8. The summed E-state index contributed by atoms with van der Waals surface area (Å²) in [5.41, 5.74) is -0.734. The van der Waals surface area contributed by atoms with E-state index in [-0.39, 0.29) is 16.9 Å². The Morgan fingerprint density at radius 1 is 1.33 bits per heavy atom. The molecule has 118 valence electrons. The first kappa shape index (κ1) is 17.3. The lowest BCUT2D eigenvalue weighted by molar-refractivity contribution is -0.150. The summed E-state index contributed by atoms with van der Waals surface area (Å²) in [7, 11) is 1.91. The number of esters is 1. The molecule has 1 aliphatic heterocycles. The van der Waals surface area contributed by atoms with Crippen molar-refractivity contribution in [2.24, 2.45) is 0 Å². The SMILES string of the molecule is CC(=O)/C(=C\C=C1/OCC(C)(C)N1C)C(=O)OC(C)(C)C. The maximum absolute atomic E-state index is 12.0. The van der Waals surface area contributed by atoms with Crippen LogP contribution in [0.5, 0.6) is 0 Å². The van der Waals surface area contributed by atoms with Gasteiger partial charge in [0.15, 0.2) is 11.7 Å². The van der Waals surface area contributed by atoms with Gasteiger partial charge in [0.2, 0.25) is 0 Å². The largest absolute Gasteiger partial charge is 0.477 e. The van der Waals surface area contributed by atoms with Crippen LogP contribution in [0.25, 0.3) is 0 Å². The Morgan fingerprint density at radius 3 is 2.29 bits per heavy atom. The van der Waals surface area contributed by atoms with E-state index in [1.54, 1.807) is 26.8 Å². The zero-order valence-electron chi connectivity index (χ0n) is 13.9. The third kappa shape index (κ3) is 4.62. The monoisotopic (exact) mass is 295 g/mol. The Bertz CT molecular complexity index is 495. The number of hydrogen-bond acceptors (Lipinski definition) is 5. The van der Waals surface area contributed by atoms with Gasteiger partial charge in [0, 0.05) is 7.05 Å². The van der Waals surface area contributed by atoms with E-state index >= 15 is 0 Å². The minimum absolute atomic E-state index is 0.0131. The van der Waals surface area contributed by atoms with Crippen LogP contribution in [0.15, 0.2) is 23.6 Å². The van der Waals surface area contributed by atoms with Gasteiger partial charge in [-0.15, -0.1) is 0 Å². The van der Waals surface area contributed by atoms with Crippen LogP contribution in [-0.4, -0.2) is 41.4 Å². The van der Waals surface area contributed by atoms with Crippen LogP contribution < -0.4 is 0 Å². The predicted molar refractivity (Wildman–Crippen MR) is 80.5 cm³/mol. The number of carbonyl (C=O) groups excluding carboxylic acids is 2. The number of nitrogens with zero attached hydrogens (tertiary/aromatic N) is 1. The molecule has 0 spiro atoms. The van der Waals surface area contributed by atoms with Crippen molar-refractivity contribution >= 4 is 11.8 Å². The molecular weight excluding hydrogens is 270 g/mol. The van der Waals surface area contributed by atoms with Gasteiger partial charge in [-0.1, -0.05) is 0 Å². The van der Waals surface area contributed by atoms with Crippen molar-refractivity contribution in [1.82, 2.24) is 4.90 Å². The highest BCUT2D eigenvalue weighted by Crippen LogP contribution is 2.27. The van der Waals surface area contributed by atoms with Crippen molar-refractivity contribution in [2.45, 2.75) is 52.7 Å². The van der Waals surface area contributed by atoms with Crippen molar-refractivity contribution in [2.75, 3.05) is 13.7 Å². The van der Waals surface area contributed by atoms with Crippen molar-refractivity contribution in [3.8, 4) is 0 Å². The molecule has 0 unspecified atom stereocenters. The molecule has 1 saturated heterocycles. The fraction of sp³-hybridized carbons (Fsp3) is 0.625. The Labute approximate surface area is 126 Å². The lowest BCUT2D eigenvalue weighted by Crippen LogP contribution is -2.36. The number of ketones is 1. The average molecular weight is 295 g/mol. The summed E-state index contributed by atoms with van der Waals surface area (Å²) in [6.07, 6.45) is 3.10. The summed E-state index contributed by atoms with van der Waals surface area (Å²) in [6.45, 7) is 11.3. The van der Waals surface area contributed by atoms with Gasteiger partial charge in [0.1, 0.15) is 17.8 Å². The van der Waals surface area contributed by atoms with Crippen molar-refractivity contribution < 1.29 is 19.1 Å². The van der Waals surface area contributed by atoms with Gasteiger partial charge in [-0.3, -0.25) is 4.79 Å². The quantitative estimate of drug-likeness (QED) is 0.346. The smallest absolute Gasteiger partial charge is 0.342 e. The second-order valence-electron chi connectivity index (χ2n) is 6.80. The first-order valence-corrected chi connectivity index (χ1v) is 6.97. The fourth-order valence-corrected chi connectivity index (χ4v) is 1.72. The molecule has 1 aliphatic rings. The average Bonchev–Trinajstić information content (AvgIpc) is 2.53. The molecular formula is C16H25NO4. The third-order valence-corrected chi connectivity index (χ3v) is 3.20. The Kier molecular flexibility index (Phi) is 4.87. The van der Waals surface area contributed by atoms with Gasteiger partial charge >= 0.3 is 5.97 Å². The van der Waals surface area contributed by atoms with E-state index < -0.39 is 11.6 Å². The molecule has 21 heavy (non-hydrogen) atoms. The number of hydrogen-bond donors (Lipinski definition) is 0. The predicted octanol–water partition coefficient (Wildman–Crippen LogP) is 2.43. The van der Waals surface area contributed by atoms with Gasteiger partial charge in [-0.05, 0) is 53.7 Å². The van der Waals surface area contributed by atoms with E-state index in [1.165, 1.54) is 13.0 Å². The number of Topliss-reactive ketones (excluding diaryl/α,β-unsaturated/α-hetero) is 1. The molecule has 0 aromatic rings. The third-order valence-electron chi connectivity index (χ3n) is 3.20. The van der Waals surface area contributed by atoms with E-state index in [2.05, 4.69) is 13.8 Å². The Morgan fingerprint density at radius 2 is 1.90 bits per heavy atom. The molecule has 0 bridgehead atoms. The van der Waals surface area contributed by atoms with Crippen LogP contribution in [-0.2, 0) is 19.1 Å². The molecule has 0 saturated carbocycles. The molecule has 0 aliphatic carbocycles. The highest BCUT2D eigenvalue weighted by atomic mass is 16.6. The second-order valence-corrected chi connectivity index (χ2v) is 6.80. The molecule has 0 atom stereocenters. The molecule has 5 nitrogen and oxygen atoms in total. The lowest BCUT2D eigenvalue weighted by atomic mass is 10.1. The molecule has 1 heterocycles. The maximum atomic E-state index is 12.0. The highest BCUT2D eigenvalue weighted by molar-refractivity contribution is 6.16. The van der Waals surface area contributed by atoms with E-state index in [0.29, 0.717) is 12.5 Å². The molecule has 0 N–H and O–H groups in total. The summed E-state index contributed by atoms with van der Waals surface area (Å²) in [5, 5.41) is 0. The Hall–Kier alpha value is -1.78. The topological polar surface area (TPSA) is 55.8 Å². The number of rotatable bonds is 3. The zero-order chi connectivity index (χ0) is 16.4. The number of likely N-dealkylation sites (N-methyl/N-ethyl adjacent to an activating group) is 1. The molecule has 1 fully saturated rings. The lowest BCUT2D eigenvalue weighted by Gasteiger charge is -2.25. The molecule has 0 radical (unpaired) electrons. The van der Waals surface area contributed by atoms with Crippen LogP contribution in [0.1, 0.15) is 41.5 Å². The van der Waals surface area contributed by atoms with E-state index in [4.69, 9.17) is 9.47 Å². The van der Waals surface area contributed by atoms with Crippen LogP contribution in [0.3, 0.4) is 0 Å². The van der Waals surface area contributed by atoms with Crippen molar-refractivity contribution in [1.29, 1.82) is 0 Å². The molecule has 5 heteroatoms. The van der Waals surface area contributed by atoms with Crippen LogP contribution in [0.2, 0.25) is 0 Å². The summed E-state index contributed by atoms with van der Waals surface area (Å²) in [6, 6.07) is 0. The first-order chi connectivity index (χ1) is 9.44. The number of ether oxygens (including phenoxy) is 2. The standard InChI is InChI=1S/C16H25NO4/c1-11(18)12(14(19)21-15(2,3)4)8-9-13-17(7)16(5,6)10-20-13/h8-9H,10H2,1-7H3/b12-8+,13-9-. The summed E-state index contributed by atoms with van der Waals surface area (Å²) in [5.74, 6) is -0.324. The van der Waals surface area contributed by atoms with Crippen LogP contribution >= 0.6 is 0 Å². The zero-order valence-corrected chi connectivity index (χ0v) is 13.9. The maximum Gasteiger partial charge on any atom is 0.342 e. The summed E-state index contributed by atoms with van der Waals surface area (Å²) in [4.78, 5) is 25.6. The van der Waals surface area contributed by atoms with E-state index in [0.717, 1.165) is 0 Å². The fourth-order valence-electron chi connectivity index (χ4n) is 1.72. The number of allylic oxidation sites excluding steroid dienone is 2. The second kappa shape index (κ2) is 5.92. The molecule has 0 aromatic heterocycles. The van der Waals surface area contributed by atoms with Gasteiger partial charge in [0.25, 0.3) is 0 Å². The number of carbonyl (C=O) groups is 2. The van der Waals surface area contributed by atoms with Gasteiger partial charge < -0.3 is 14.4 Å². The molecule has 0 amide bonds. The van der Waals surface area contributed by atoms with Crippen LogP contribution in [0.4, 0.5) is 0 Å². The van der Waals surface area contributed by atoms with Gasteiger partial charge in [0.05, 0.1) is 5.54 Å². The van der Waals surface area contributed by atoms with E-state index in [9.17, 15) is 9.59 Å². The van der Waals surface area contributed by atoms with Crippen LogP contribution in [0, 0.1) is 0 Å². The first-order valence-electron chi connectivity index (χ1n) is 6.97. The summed E-state index contributed by atoms with van der Waals surface area (Å²) >= 11 is 0. The molecule has 1 rings (SSSR count). The minimum Gasteiger partial charge on any atom is -0.477 e. The Balaban J connectivity index is 2.97. The minimum atomic E-state index is -0.637. The van der Waals surface area contributed by atoms with E-state index in [1.807, 2.05) is 11.9 Å². The van der Waals surface area contributed by atoms with Gasteiger partial charge in [-0.25, -0.2) is 4.79 Å². The van der Waals surface area contributed by atoms with Crippen molar-refractivity contribution in [3.05, 3.63) is 23.6 Å². The van der Waals surface area contributed by atoms with Gasteiger partial charge in [-0.2, -0.15) is 0 Å². The normalized spacial score (nSPS) is 20.4.